The minimum Gasteiger partial charge on any atom is -0.478 e. The van der Waals surface area contributed by atoms with Gasteiger partial charge in [-0.25, -0.2) is 4.79 Å². The number of aliphatic carboxylic acids is 1. The van der Waals surface area contributed by atoms with E-state index in [1.807, 2.05) is 0 Å². The second kappa shape index (κ2) is 6.40. The van der Waals surface area contributed by atoms with Gasteiger partial charge in [-0.05, 0) is 30.2 Å². The second-order valence-electron chi connectivity index (χ2n) is 5.68. The van der Waals surface area contributed by atoms with E-state index in [2.05, 4.69) is 0 Å². The SMILES string of the molecule is CCc1ccccc1OC1(C(F)(F)F)Oc2ccccc2C=C1C(=O)O. The number of halogens is 3. The molecular weight excluding hydrogens is 349 g/mol. The van der Waals surface area contributed by atoms with E-state index in [0.29, 0.717) is 12.0 Å². The summed E-state index contributed by atoms with van der Waals surface area (Å²) in [6.07, 6.45) is -3.79. The Hall–Kier alpha value is -2.96. The summed E-state index contributed by atoms with van der Waals surface area (Å²) in [4.78, 5) is 11.6. The minimum atomic E-state index is -5.13. The van der Waals surface area contributed by atoms with Crippen LogP contribution in [-0.4, -0.2) is 23.0 Å². The number of hydrogen-bond acceptors (Lipinski definition) is 3. The van der Waals surface area contributed by atoms with Gasteiger partial charge in [0.05, 0.1) is 0 Å². The monoisotopic (exact) mass is 364 g/mol. The van der Waals surface area contributed by atoms with Crippen molar-refractivity contribution >= 4 is 12.0 Å². The fraction of sp³-hybridized carbons (Fsp3) is 0.211. The highest BCUT2D eigenvalue weighted by Crippen LogP contribution is 2.46. The lowest BCUT2D eigenvalue weighted by Gasteiger charge is -2.39. The molecule has 0 saturated carbocycles. The number of fused-ring (bicyclic) bond motifs is 1. The van der Waals surface area contributed by atoms with Crippen LogP contribution >= 0.6 is 0 Å². The topological polar surface area (TPSA) is 55.8 Å². The maximum absolute atomic E-state index is 14.1. The minimum absolute atomic E-state index is 0.0844. The summed E-state index contributed by atoms with van der Waals surface area (Å²) >= 11 is 0. The predicted molar refractivity (Wildman–Crippen MR) is 87.9 cm³/mol. The number of ether oxygens (including phenoxy) is 2. The van der Waals surface area contributed by atoms with Crippen molar-refractivity contribution in [2.75, 3.05) is 0 Å². The molecule has 0 saturated heterocycles. The van der Waals surface area contributed by atoms with Crippen molar-refractivity contribution in [3.63, 3.8) is 0 Å². The fourth-order valence-corrected chi connectivity index (χ4v) is 2.75. The average molecular weight is 364 g/mol. The van der Waals surface area contributed by atoms with Crippen LogP contribution in [-0.2, 0) is 11.2 Å². The van der Waals surface area contributed by atoms with Crippen LogP contribution in [0, 0.1) is 0 Å². The Kier molecular flexibility index (Phi) is 4.39. The van der Waals surface area contributed by atoms with Gasteiger partial charge in [0, 0.05) is 5.56 Å². The lowest BCUT2D eigenvalue weighted by atomic mass is 9.97. The zero-order valence-corrected chi connectivity index (χ0v) is 13.7. The molecule has 0 radical (unpaired) electrons. The molecule has 1 heterocycles. The van der Waals surface area contributed by atoms with Crippen molar-refractivity contribution in [2.24, 2.45) is 0 Å². The maximum atomic E-state index is 14.1. The highest BCUT2D eigenvalue weighted by molar-refractivity contribution is 5.96. The van der Waals surface area contributed by atoms with E-state index < -0.39 is 23.5 Å². The van der Waals surface area contributed by atoms with Crippen LogP contribution < -0.4 is 9.47 Å². The Morgan fingerprint density at radius 2 is 1.81 bits per heavy atom. The van der Waals surface area contributed by atoms with Gasteiger partial charge in [0.15, 0.2) is 0 Å². The molecule has 1 aliphatic heterocycles. The number of benzene rings is 2. The van der Waals surface area contributed by atoms with Gasteiger partial charge < -0.3 is 14.6 Å². The number of carboxylic acids is 1. The van der Waals surface area contributed by atoms with Crippen molar-refractivity contribution in [3.8, 4) is 11.5 Å². The third kappa shape index (κ3) is 2.89. The van der Waals surface area contributed by atoms with Gasteiger partial charge in [0.25, 0.3) is 0 Å². The molecule has 136 valence electrons. The molecule has 4 nitrogen and oxygen atoms in total. The molecule has 1 atom stereocenters. The number of hydrogen-bond donors (Lipinski definition) is 1. The number of rotatable bonds is 4. The number of carbonyl (C=O) groups is 1. The first-order valence-electron chi connectivity index (χ1n) is 7.85. The van der Waals surface area contributed by atoms with Gasteiger partial charge in [0.2, 0.25) is 0 Å². The third-order valence-electron chi connectivity index (χ3n) is 4.04. The summed E-state index contributed by atoms with van der Waals surface area (Å²) in [7, 11) is 0. The molecule has 0 aliphatic carbocycles. The molecule has 0 amide bonds. The van der Waals surface area contributed by atoms with Crippen molar-refractivity contribution < 1.29 is 32.5 Å². The maximum Gasteiger partial charge on any atom is 0.473 e. The number of aryl methyl sites for hydroxylation is 1. The standard InChI is InChI=1S/C19H15F3O4/c1-2-12-7-3-5-9-15(12)25-18(19(20,21)22)14(17(23)24)11-13-8-4-6-10-16(13)26-18/h3-11H,2H2,1H3,(H,23,24). The zero-order chi connectivity index (χ0) is 18.9. The molecule has 0 fully saturated rings. The Balaban J connectivity index is 2.21. The van der Waals surface area contributed by atoms with Gasteiger partial charge in [-0.1, -0.05) is 43.3 Å². The van der Waals surface area contributed by atoms with Crippen LogP contribution in [0.15, 0.2) is 54.1 Å². The first-order chi connectivity index (χ1) is 12.3. The molecule has 2 aromatic carbocycles. The summed E-state index contributed by atoms with van der Waals surface area (Å²) < 4.78 is 52.6. The molecule has 1 unspecified atom stereocenters. The van der Waals surface area contributed by atoms with Gasteiger partial charge >= 0.3 is 17.9 Å². The summed E-state index contributed by atoms with van der Waals surface area (Å²) in [5, 5.41) is 9.44. The predicted octanol–water partition coefficient (Wildman–Crippen LogP) is 4.45. The molecular formula is C19H15F3O4. The highest BCUT2D eigenvalue weighted by atomic mass is 19.4. The van der Waals surface area contributed by atoms with E-state index in [1.165, 1.54) is 30.3 Å². The van der Waals surface area contributed by atoms with E-state index in [0.717, 1.165) is 6.08 Å². The Morgan fingerprint density at radius 1 is 1.15 bits per heavy atom. The van der Waals surface area contributed by atoms with Crippen molar-refractivity contribution in [3.05, 3.63) is 65.2 Å². The number of alkyl halides is 3. The Labute approximate surface area is 147 Å². The summed E-state index contributed by atoms with van der Waals surface area (Å²) in [5.74, 6) is -5.41. The molecule has 0 aromatic heterocycles. The Morgan fingerprint density at radius 3 is 2.46 bits per heavy atom. The van der Waals surface area contributed by atoms with Gasteiger partial charge in [-0.15, -0.1) is 0 Å². The van der Waals surface area contributed by atoms with Crippen LogP contribution in [0.5, 0.6) is 11.5 Å². The largest absolute Gasteiger partial charge is 0.478 e. The molecule has 1 aliphatic rings. The highest BCUT2D eigenvalue weighted by Gasteiger charge is 2.66. The summed E-state index contributed by atoms with van der Waals surface area (Å²) in [5.41, 5.74) is -0.296. The van der Waals surface area contributed by atoms with Crippen molar-refractivity contribution in [1.29, 1.82) is 0 Å². The molecule has 7 heteroatoms. The van der Waals surface area contributed by atoms with Gasteiger partial charge in [-0.2, -0.15) is 13.2 Å². The van der Waals surface area contributed by atoms with E-state index in [9.17, 15) is 23.1 Å². The summed E-state index contributed by atoms with van der Waals surface area (Å²) in [6, 6.07) is 12.0. The smallest absolute Gasteiger partial charge is 0.473 e. The van der Waals surface area contributed by atoms with Crippen LogP contribution in [0.2, 0.25) is 0 Å². The van der Waals surface area contributed by atoms with E-state index in [1.54, 1.807) is 25.1 Å². The first-order valence-corrected chi connectivity index (χ1v) is 7.85. The van der Waals surface area contributed by atoms with Gasteiger partial charge in [0.1, 0.15) is 17.1 Å². The molecule has 26 heavy (non-hydrogen) atoms. The van der Waals surface area contributed by atoms with Crippen LogP contribution in [0.1, 0.15) is 18.1 Å². The van der Waals surface area contributed by atoms with Crippen molar-refractivity contribution in [2.45, 2.75) is 25.3 Å². The number of carboxylic acid groups (broad SMARTS) is 1. The zero-order valence-electron chi connectivity index (χ0n) is 13.7. The van der Waals surface area contributed by atoms with E-state index in [-0.39, 0.29) is 17.1 Å². The molecule has 0 bridgehead atoms. The fourth-order valence-electron chi connectivity index (χ4n) is 2.75. The Bertz CT molecular complexity index is 873. The van der Waals surface area contributed by atoms with Gasteiger partial charge in [-0.3, -0.25) is 0 Å². The van der Waals surface area contributed by atoms with Crippen LogP contribution in [0.3, 0.4) is 0 Å². The van der Waals surface area contributed by atoms with Crippen molar-refractivity contribution in [1.82, 2.24) is 0 Å². The first kappa shape index (κ1) is 17.8. The lowest BCUT2D eigenvalue weighted by Crippen LogP contribution is -2.59. The third-order valence-corrected chi connectivity index (χ3v) is 4.04. The quantitative estimate of drug-likeness (QED) is 0.871. The average Bonchev–Trinajstić information content (AvgIpc) is 2.60. The summed E-state index contributed by atoms with van der Waals surface area (Å²) in [6.45, 7) is 1.76. The van der Waals surface area contributed by atoms with E-state index >= 15 is 0 Å². The molecule has 0 spiro atoms. The van der Waals surface area contributed by atoms with E-state index in [4.69, 9.17) is 9.47 Å². The van der Waals surface area contributed by atoms with Crippen LogP contribution in [0.4, 0.5) is 13.2 Å². The number of para-hydroxylation sites is 2. The molecule has 1 N–H and O–H groups in total. The molecule has 2 aromatic rings. The second-order valence-corrected chi connectivity index (χ2v) is 5.68. The molecule has 3 rings (SSSR count). The van der Waals surface area contributed by atoms with Crippen LogP contribution in [0.25, 0.3) is 6.08 Å². The lowest BCUT2D eigenvalue weighted by molar-refractivity contribution is -0.304. The normalized spacial score (nSPS) is 19.2.